The minimum Gasteiger partial charge on any atom is -0.492 e. The second kappa shape index (κ2) is 13.0. The van der Waals surface area contributed by atoms with Gasteiger partial charge in [0.1, 0.15) is 6.61 Å². The molecule has 6 nitrogen and oxygen atoms in total. The second-order valence-electron chi connectivity index (χ2n) is 12.0. The molecule has 1 unspecified atom stereocenters. The topological polar surface area (TPSA) is 66.4 Å². The van der Waals surface area contributed by atoms with Crippen LogP contribution in [0.5, 0.6) is 11.5 Å². The monoisotopic (exact) mass is 598 g/mol. The van der Waals surface area contributed by atoms with E-state index < -0.39 is 14.1 Å². The van der Waals surface area contributed by atoms with Crippen LogP contribution < -0.4 is 19.8 Å². The summed E-state index contributed by atoms with van der Waals surface area (Å²) in [6, 6.07) is 33.0. The van der Waals surface area contributed by atoms with E-state index in [0.29, 0.717) is 30.1 Å². The highest BCUT2D eigenvalue weighted by atomic mass is 28.4. The minimum absolute atomic E-state index is 0.185. The summed E-state index contributed by atoms with van der Waals surface area (Å²) in [4.78, 5) is 0. The summed E-state index contributed by atoms with van der Waals surface area (Å²) >= 11 is 0. The van der Waals surface area contributed by atoms with Crippen LogP contribution in [0, 0.1) is 0 Å². The first-order valence-corrected chi connectivity index (χ1v) is 16.6. The average Bonchev–Trinajstić information content (AvgIpc) is 3.04. The fourth-order valence-corrected chi connectivity index (χ4v) is 10.7. The Kier molecular flexibility index (Phi) is 9.39. The van der Waals surface area contributed by atoms with Crippen molar-refractivity contribution in [2.75, 3.05) is 20.8 Å². The molecule has 226 valence electrons. The van der Waals surface area contributed by atoms with Gasteiger partial charge in [0.25, 0.3) is 8.32 Å². The summed E-state index contributed by atoms with van der Waals surface area (Å²) in [6.07, 6.45) is 0.430. The van der Waals surface area contributed by atoms with Gasteiger partial charge in [-0.05, 0) is 32.6 Å². The highest BCUT2D eigenvalue weighted by Crippen LogP contribution is 2.44. The van der Waals surface area contributed by atoms with E-state index >= 15 is 0 Å². The van der Waals surface area contributed by atoms with Crippen molar-refractivity contribution in [3.05, 3.63) is 119 Å². The van der Waals surface area contributed by atoms with Gasteiger partial charge in [-0.2, -0.15) is 0 Å². The summed E-state index contributed by atoms with van der Waals surface area (Å²) in [5.74, 6) is 0.0873. The van der Waals surface area contributed by atoms with Crippen molar-refractivity contribution in [3.8, 4) is 11.5 Å². The van der Waals surface area contributed by atoms with Crippen LogP contribution in [0.15, 0.2) is 97.1 Å². The van der Waals surface area contributed by atoms with Crippen LogP contribution in [0.25, 0.3) is 0 Å². The number of methoxy groups -OCH3 is 2. The number of aliphatic hydroxyl groups is 1. The average molecular weight is 599 g/mol. The molecular weight excluding hydrogens is 556 g/mol. The second-order valence-corrected chi connectivity index (χ2v) is 16.3. The van der Waals surface area contributed by atoms with E-state index in [1.54, 1.807) is 14.2 Å². The lowest BCUT2D eigenvalue weighted by molar-refractivity contribution is -0.250. The molecule has 1 heterocycles. The zero-order valence-electron chi connectivity index (χ0n) is 25.8. The van der Waals surface area contributed by atoms with Gasteiger partial charge in [-0.3, -0.25) is 0 Å². The molecule has 1 atom stereocenters. The number of hydrogen-bond donors (Lipinski definition) is 1. The van der Waals surface area contributed by atoms with E-state index in [4.69, 9.17) is 23.4 Å². The normalized spacial score (nSPS) is 16.9. The highest BCUT2D eigenvalue weighted by Gasteiger charge is 2.52. The van der Waals surface area contributed by atoms with E-state index in [-0.39, 0.29) is 24.9 Å². The third-order valence-corrected chi connectivity index (χ3v) is 13.3. The fraction of sp³-hybridized carbons (Fsp3) is 0.333. The van der Waals surface area contributed by atoms with Crippen molar-refractivity contribution in [2.45, 2.75) is 57.8 Å². The molecule has 7 heteroatoms. The summed E-state index contributed by atoms with van der Waals surface area (Å²) in [5.41, 5.74) is 3.56. The van der Waals surface area contributed by atoms with Gasteiger partial charge in [0.2, 0.25) is 0 Å². The Morgan fingerprint density at radius 2 is 1.42 bits per heavy atom. The van der Waals surface area contributed by atoms with Crippen molar-refractivity contribution < 1.29 is 28.5 Å². The number of fused-ring (bicyclic) bond motifs is 1. The predicted molar refractivity (Wildman–Crippen MR) is 171 cm³/mol. The first kappa shape index (κ1) is 31.0. The molecule has 0 bridgehead atoms. The molecule has 1 N–H and O–H groups in total. The molecule has 0 saturated carbocycles. The van der Waals surface area contributed by atoms with Crippen LogP contribution in [0.1, 0.15) is 43.0 Å². The van der Waals surface area contributed by atoms with E-state index in [2.05, 4.69) is 69.3 Å². The maximum Gasteiger partial charge on any atom is 0.261 e. The Balaban J connectivity index is 1.49. The van der Waals surface area contributed by atoms with Crippen LogP contribution >= 0.6 is 0 Å². The van der Waals surface area contributed by atoms with Crippen LogP contribution in [0.3, 0.4) is 0 Å². The van der Waals surface area contributed by atoms with Crippen LogP contribution in [-0.2, 0) is 40.1 Å². The zero-order valence-corrected chi connectivity index (χ0v) is 26.8. The van der Waals surface area contributed by atoms with Crippen molar-refractivity contribution in [3.63, 3.8) is 0 Å². The number of rotatable bonds is 11. The van der Waals surface area contributed by atoms with Crippen molar-refractivity contribution in [1.29, 1.82) is 0 Å². The summed E-state index contributed by atoms with van der Waals surface area (Å²) in [6.45, 7) is 7.43. The molecule has 0 saturated heterocycles. The number of hydrogen-bond acceptors (Lipinski definition) is 6. The lowest BCUT2D eigenvalue weighted by Crippen LogP contribution is -2.68. The molecule has 1 aliphatic rings. The maximum atomic E-state index is 10.4. The minimum atomic E-state index is -2.82. The Hall–Kier alpha value is -3.46. The molecule has 0 aromatic heterocycles. The first-order chi connectivity index (χ1) is 20.8. The summed E-state index contributed by atoms with van der Waals surface area (Å²) in [7, 11) is 0.469. The van der Waals surface area contributed by atoms with Gasteiger partial charge in [0.15, 0.2) is 17.3 Å². The van der Waals surface area contributed by atoms with Gasteiger partial charge >= 0.3 is 0 Å². The molecule has 4 aromatic rings. The Labute approximate surface area is 256 Å². The largest absolute Gasteiger partial charge is 0.492 e. The van der Waals surface area contributed by atoms with Gasteiger partial charge in [-0.25, -0.2) is 0 Å². The number of benzene rings is 4. The molecular formula is C36H42O6Si. The molecule has 0 radical (unpaired) electrons. The smallest absolute Gasteiger partial charge is 0.261 e. The lowest BCUT2D eigenvalue weighted by atomic mass is 9.93. The molecule has 0 amide bonds. The van der Waals surface area contributed by atoms with Crippen molar-refractivity contribution in [2.24, 2.45) is 0 Å². The molecule has 0 fully saturated rings. The zero-order chi connectivity index (χ0) is 30.5. The standard InChI is InChI=1S/C36H42O6Si/c1-35(2,3)43(30-17-11-7-12-18-30,31-19-13-8-14-20-31)42-26-36(39-5)22-28-21-29(23-37)33(34(38-4)32(28)25-41-36)40-24-27-15-9-6-10-16-27/h6-21,37H,22-26H2,1-5H3. The summed E-state index contributed by atoms with van der Waals surface area (Å²) < 4.78 is 32.0. The Bertz CT molecular complexity index is 1450. The van der Waals surface area contributed by atoms with Crippen LogP contribution in [-0.4, -0.2) is 40.0 Å². The third kappa shape index (κ3) is 6.14. The molecule has 1 aliphatic heterocycles. The van der Waals surface area contributed by atoms with Crippen LogP contribution in [0.2, 0.25) is 5.04 Å². The molecule has 0 aliphatic carbocycles. The number of aliphatic hydroxyl groups excluding tert-OH is 1. The molecule has 0 spiro atoms. The first-order valence-electron chi connectivity index (χ1n) is 14.7. The fourth-order valence-electron chi connectivity index (χ4n) is 6.14. The lowest BCUT2D eigenvalue weighted by Gasteiger charge is -2.46. The molecule has 43 heavy (non-hydrogen) atoms. The van der Waals surface area contributed by atoms with Gasteiger partial charge < -0.3 is 28.5 Å². The maximum absolute atomic E-state index is 10.4. The van der Waals surface area contributed by atoms with Crippen LogP contribution in [0.4, 0.5) is 0 Å². The highest BCUT2D eigenvalue weighted by molar-refractivity contribution is 6.99. The van der Waals surface area contributed by atoms with E-state index in [1.807, 2.05) is 48.5 Å². The van der Waals surface area contributed by atoms with Gasteiger partial charge in [0.05, 0.1) is 26.9 Å². The SMILES string of the molecule is COc1c2c(cc(CO)c1OCc1ccccc1)CC(CO[Si](c1ccccc1)(c1ccccc1)C(C)(C)C)(OC)OC2. The van der Waals surface area contributed by atoms with Crippen molar-refractivity contribution in [1.82, 2.24) is 0 Å². The van der Waals surface area contributed by atoms with Gasteiger partial charge in [0, 0.05) is 24.7 Å². The van der Waals surface area contributed by atoms with Gasteiger partial charge in [-0.1, -0.05) is 112 Å². The van der Waals surface area contributed by atoms with Gasteiger partial charge in [-0.15, -0.1) is 0 Å². The Morgan fingerprint density at radius 3 is 1.93 bits per heavy atom. The quantitative estimate of drug-likeness (QED) is 0.222. The van der Waals surface area contributed by atoms with E-state index in [9.17, 15) is 5.11 Å². The molecule has 4 aromatic carbocycles. The summed E-state index contributed by atoms with van der Waals surface area (Å²) in [5, 5.41) is 12.6. The third-order valence-electron chi connectivity index (χ3n) is 8.35. The number of ether oxygens (including phenoxy) is 4. The Morgan fingerprint density at radius 1 is 0.837 bits per heavy atom. The van der Waals surface area contributed by atoms with Crippen molar-refractivity contribution >= 4 is 18.7 Å². The van der Waals surface area contributed by atoms with E-state index in [1.165, 1.54) is 10.4 Å². The van der Waals surface area contributed by atoms with E-state index in [0.717, 1.165) is 16.7 Å². The molecule has 5 rings (SSSR count). The predicted octanol–water partition coefficient (Wildman–Crippen LogP) is 5.76.